The van der Waals surface area contributed by atoms with Crippen LogP contribution >= 0.6 is 22.6 Å². The van der Waals surface area contributed by atoms with Crippen molar-refractivity contribution in [2.45, 2.75) is 38.7 Å². The highest BCUT2D eigenvalue weighted by molar-refractivity contribution is 14.1. The molecule has 3 aliphatic carbocycles. The van der Waals surface area contributed by atoms with Crippen molar-refractivity contribution in [2.24, 2.45) is 17.6 Å². The minimum Gasteiger partial charge on any atom is -0.511 e. The van der Waals surface area contributed by atoms with E-state index in [0.717, 1.165) is 0 Å². The number of ether oxygens (including phenoxy) is 2. The highest BCUT2D eigenvalue weighted by Crippen LogP contribution is 2.51. The smallest absolute Gasteiger partial charge is 0.344 e. The van der Waals surface area contributed by atoms with Crippen LogP contribution < -0.4 is 5.73 Å². The predicted molar refractivity (Wildman–Crippen MR) is 154 cm³/mol. The number of carbonyl (C=O) groups is 5. The third-order valence-electron chi connectivity index (χ3n) is 7.56. The first-order valence-corrected chi connectivity index (χ1v) is 14.1. The van der Waals surface area contributed by atoms with Gasteiger partial charge in [-0.05, 0) is 84.5 Å². The van der Waals surface area contributed by atoms with Gasteiger partial charge in [-0.3, -0.25) is 14.4 Å². The molecule has 0 saturated heterocycles. The second kappa shape index (κ2) is 11.7. The maximum absolute atomic E-state index is 13.8. The molecule has 4 rings (SSSR count). The first-order chi connectivity index (χ1) is 19.8. The Morgan fingerprint density at radius 3 is 2.33 bits per heavy atom. The van der Waals surface area contributed by atoms with Gasteiger partial charge in [-0.15, -0.1) is 0 Å². The number of hydrogen-bond acceptors (Lipinski definition) is 11. The molecule has 42 heavy (non-hydrogen) atoms. The third kappa shape index (κ3) is 5.11. The Morgan fingerprint density at radius 2 is 1.71 bits per heavy atom. The van der Waals surface area contributed by atoms with Gasteiger partial charge in [-0.25, -0.2) is 9.59 Å². The molecule has 0 aromatic heterocycles. The number of phenols is 1. The number of allylic oxidation sites excluding steroid dienone is 2. The van der Waals surface area contributed by atoms with Crippen LogP contribution in [0.15, 0.2) is 50.0 Å². The van der Waals surface area contributed by atoms with E-state index in [-0.39, 0.29) is 52.8 Å². The lowest BCUT2D eigenvalue weighted by atomic mass is 9.60. The lowest BCUT2D eigenvalue weighted by Crippen LogP contribution is -2.57. The van der Waals surface area contributed by atoms with E-state index < -0.39 is 69.7 Å². The average molecular weight is 693 g/mol. The summed E-state index contributed by atoms with van der Waals surface area (Å²) < 4.78 is 10.2. The van der Waals surface area contributed by atoms with Gasteiger partial charge in [0.05, 0.1) is 27.9 Å². The van der Waals surface area contributed by atoms with E-state index in [2.05, 4.69) is 0 Å². The van der Waals surface area contributed by atoms with Gasteiger partial charge in [0.25, 0.3) is 5.91 Å². The van der Waals surface area contributed by atoms with Crippen molar-refractivity contribution in [1.29, 1.82) is 0 Å². The molecule has 12 nitrogen and oxygen atoms in total. The number of Topliss-reactive ketones (excluding diaryl/α,β-unsaturated/α-hetero) is 2. The van der Waals surface area contributed by atoms with Crippen LogP contribution in [0.1, 0.15) is 48.2 Å². The predicted octanol–water partition coefficient (Wildman–Crippen LogP) is 2.41. The van der Waals surface area contributed by atoms with Crippen LogP contribution in [0.25, 0.3) is 6.08 Å². The van der Waals surface area contributed by atoms with Crippen molar-refractivity contribution in [3.63, 3.8) is 0 Å². The largest absolute Gasteiger partial charge is 0.511 e. The fourth-order valence-electron chi connectivity index (χ4n) is 5.72. The number of aliphatic hydroxyl groups is 3. The molecule has 0 fully saturated rings. The minimum atomic E-state index is -2.67. The van der Waals surface area contributed by atoms with Crippen LogP contribution in [0, 0.1) is 11.8 Å². The van der Waals surface area contributed by atoms with E-state index in [1.807, 2.05) is 0 Å². The maximum Gasteiger partial charge on any atom is 0.344 e. The van der Waals surface area contributed by atoms with E-state index in [9.17, 15) is 44.4 Å². The average Bonchev–Trinajstić information content (AvgIpc) is 2.91. The number of aromatic hydroxyl groups is 1. The number of halogens is 1. The van der Waals surface area contributed by atoms with Crippen LogP contribution in [0.4, 0.5) is 0 Å². The first-order valence-electron chi connectivity index (χ1n) is 13.0. The molecule has 1 aromatic carbocycles. The summed E-state index contributed by atoms with van der Waals surface area (Å²) in [6.07, 6.45) is 2.30. The molecular formula is C29H28INO11. The van der Waals surface area contributed by atoms with Crippen LogP contribution in [0.5, 0.6) is 5.75 Å². The molecular weight excluding hydrogens is 665 g/mol. The Morgan fingerprint density at radius 1 is 1.07 bits per heavy atom. The van der Waals surface area contributed by atoms with Gasteiger partial charge >= 0.3 is 11.9 Å². The first kappa shape index (κ1) is 31.0. The number of esters is 2. The number of fused-ring (bicyclic) bond motifs is 3. The van der Waals surface area contributed by atoms with Crippen molar-refractivity contribution in [1.82, 2.24) is 0 Å². The highest BCUT2D eigenvalue weighted by Gasteiger charge is 2.59. The van der Waals surface area contributed by atoms with Gasteiger partial charge in [-0.2, -0.15) is 0 Å². The van der Waals surface area contributed by atoms with E-state index in [0.29, 0.717) is 11.1 Å². The molecule has 0 spiro atoms. The summed E-state index contributed by atoms with van der Waals surface area (Å²) in [6.45, 7) is 3.41. The van der Waals surface area contributed by atoms with Gasteiger partial charge in [0, 0.05) is 17.9 Å². The summed E-state index contributed by atoms with van der Waals surface area (Å²) in [5.74, 6) is -8.75. The molecule has 1 amide bonds. The summed E-state index contributed by atoms with van der Waals surface area (Å²) >= 11 is 1.72. The molecule has 0 bridgehead atoms. The lowest BCUT2D eigenvalue weighted by Gasteiger charge is -2.45. The number of aliphatic hydroxyl groups excluding tert-OH is 2. The fraction of sp³-hybridized carbons (Fsp3) is 0.345. The molecule has 0 radical (unpaired) electrons. The number of amides is 1. The Bertz CT molecular complexity index is 1550. The molecule has 0 unspecified atom stereocenters. The van der Waals surface area contributed by atoms with Crippen molar-refractivity contribution < 1.29 is 53.9 Å². The van der Waals surface area contributed by atoms with Gasteiger partial charge in [-0.1, -0.05) is 6.07 Å². The van der Waals surface area contributed by atoms with Crippen molar-refractivity contribution >= 4 is 58.1 Å². The van der Waals surface area contributed by atoms with Gasteiger partial charge in [0.2, 0.25) is 5.78 Å². The lowest BCUT2D eigenvalue weighted by molar-refractivity contribution is -0.144. The highest BCUT2D eigenvalue weighted by atomic mass is 127. The number of phenolic OH excluding ortho intramolecular Hbond substituents is 1. The van der Waals surface area contributed by atoms with Crippen LogP contribution in [-0.2, 0) is 35.1 Å². The Labute approximate surface area is 253 Å². The number of rotatable bonds is 7. The zero-order chi connectivity index (χ0) is 31.1. The topological polar surface area (TPSA) is 211 Å². The van der Waals surface area contributed by atoms with Crippen molar-refractivity contribution in [2.75, 3.05) is 13.2 Å². The number of nitrogens with two attached hydrogens (primary N) is 1. The number of primary amides is 1. The molecule has 13 heteroatoms. The maximum atomic E-state index is 13.8. The summed E-state index contributed by atoms with van der Waals surface area (Å²) in [5.41, 5.74) is 1.78. The van der Waals surface area contributed by atoms with Gasteiger partial charge < -0.3 is 35.6 Å². The van der Waals surface area contributed by atoms with Crippen molar-refractivity contribution in [3.05, 3.63) is 66.7 Å². The summed E-state index contributed by atoms with van der Waals surface area (Å²) in [4.78, 5) is 63.6. The van der Waals surface area contributed by atoms with Crippen molar-refractivity contribution in [3.8, 4) is 5.75 Å². The quantitative estimate of drug-likeness (QED) is 0.0921. The summed E-state index contributed by atoms with van der Waals surface area (Å²) in [6, 6.07) is 2.68. The number of hydrogen-bond donors (Lipinski definition) is 5. The fourth-order valence-corrected chi connectivity index (χ4v) is 6.21. The van der Waals surface area contributed by atoms with Crippen LogP contribution in [0.2, 0.25) is 0 Å². The second-order valence-electron chi connectivity index (χ2n) is 9.97. The molecule has 0 heterocycles. The Hall–Kier alpha value is -3.98. The van der Waals surface area contributed by atoms with E-state index in [1.165, 1.54) is 24.3 Å². The molecule has 3 atom stereocenters. The van der Waals surface area contributed by atoms with E-state index in [1.54, 1.807) is 36.4 Å². The summed E-state index contributed by atoms with van der Waals surface area (Å²) in [7, 11) is 0. The Kier molecular flexibility index (Phi) is 8.64. The SMILES string of the molecule is CCOC(=O)/C(I)=C/C(=C/c1ccc(O)c2c1C[C@H]1C[C@H]3CC(O)=C(C(N)=O)C(=O)[C@@]3(O)C(O)=C1C2=O)C(=O)OCC. The normalized spacial score (nSPS) is 24.1. The molecule has 222 valence electrons. The molecule has 3 aliphatic rings. The molecule has 1 aromatic rings. The van der Waals surface area contributed by atoms with Gasteiger partial charge in [0.1, 0.15) is 22.8 Å². The van der Waals surface area contributed by atoms with Crippen LogP contribution in [0.3, 0.4) is 0 Å². The number of ketones is 2. The molecule has 0 saturated carbocycles. The van der Waals surface area contributed by atoms with E-state index >= 15 is 0 Å². The van der Waals surface area contributed by atoms with Crippen LogP contribution in [-0.4, -0.2) is 68.7 Å². The second-order valence-corrected chi connectivity index (χ2v) is 11.1. The summed E-state index contributed by atoms with van der Waals surface area (Å²) in [5, 5.41) is 43.5. The zero-order valence-electron chi connectivity index (χ0n) is 22.6. The number of benzene rings is 1. The van der Waals surface area contributed by atoms with Gasteiger partial charge in [0.15, 0.2) is 11.4 Å². The monoisotopic (exact) mass is 693 g/mol. The number of carbonyl (C=O) groups excluding carboxylic acids is 5. The van der Waals surface area contributed by atoms with E-state index in [4.69, 9.17) is 15.2 Å². The zero-order valence-corrected chi connectivity index (χ0v) is 24.8. The molecule has 0 aliphatic heterocycles. The molecule has 6 N–H and O–H groups in total. The third-order valence-corrected chi connectivity index (χ3v) is 8.31. The minimum absolute atomic E-state index is 0.0312. The standard InChI is InChI=1S/C29H28INO11/c1-3-41-27(38)14(10-17(30)28(39)42-4-2)7-12-5-6-18(32)21-16(12)9-13-8-15-11-19(33)22(26(31)37)25(36)29(15,40)24(35)20(13)23(21)34/h5-7,10,13,15,32-33,35,40H,3-4,8-9,11H2,1-2H3,(H2,31,37)/b14-7-,17-10-/t13-,15+,29+/m1/s1. The Balaban J connectivity index is 1.86.